The number of aliphatic hydroxyl groups excluding tert-OH is 1. The average Bonchev–Trinajstić information content (AvgIpc) is 3.02. The molecule has 1 aliphatic carbocycles. The molecule has 3 heterocycles. The van der Waals surface area contributed by atoms with Crippen molar-refractivity contribution in [3.63, 3.8) is 0 Å². The quantitative estimate of drug-likeness (QED) is 0.748. The van der Waals surface area contributed by atoms with E-state index in [0.29, 0.717) is 29.3 Å². The number of nitrogens with one attached hydrogen (secondary N) is 1. The van der Waals surface area contributed by atoms with Gasteiger partial charge in [-0.2, -0.15) is 5.10 Å². The van der Waals surface area contributed by atoms with Gasteiger partial charge in [0.25, 0.3) is 0 Å². The van der Waals surface area contributed by atoms with Crippen molar-refractivity contribution in [2.75, 3.05) is 5.32 Å². The van der Waals surface area contributed by atoms with E-state index in [1.165, 1.54) is 0 Å². The minimum Gasteiger partial charge on any atom is -0.393 e. The van der Waals surface area contributed by atoms with Crippen LogP contribution in [0.1, 0.15) is 25.7 Å². The largest absolute Gasteiger partial charge is 0.393 e. The SMILES string of the molecule is O[C@H]1CC[C@H](Nc2nc(-c3cnn4ccc(Cl)cc34)ncc2F)CC1. The Morgan fingerprint density at radius 1 is 1.24 bits per heavy atom. The Morgan fingerprint density at radius 2 is 2.04 bits per heavy atom. The molecule has 130 valence electrons. The summed E-state index contributed by atoms with van der Waals surface area (Å²) in [5.41, 5.74) is 1.44. The first-order valence-corrected chi connectivity index (χ1v) is 8.58. The maximum Gasteiger partial charge on any atom is 0.183 e. The lowest BCUT2D eigenvalue weighted by Gasteiger charge is -2.26. The van der Waals surface area contributed by atoms with E-state index >= 15 is 0 Å². The molecule has 0 atom stereocenters. The van der Waals surface area contributed by atoms with Gasteiger partial charge in [-0.3, -0.25) is 0 Å². The van der Waals surface area contributed by atoms with Crippen LogP contribution in [0.4, 0.5) is 10.2 Å². The van der Waals surface area contributed by atoms with Gasteiger partial charge in [-0.15, -0.1) is 0 Å². The van der Waals surface area contributed by atoms with E-state index in [1.54, 1.807) is 29.0 Å². The number of rotatable bonds is 3. The van der Waals surface area contributed by atoms with Gasteiger partial charge in [0.15, 0.2) is 17.5 Å². The molecule has 0 unspecified atom stereocenters. The van der Waals surface area contributed by atoms with Gasteiger partial charge in [-0.25, -0.2) is 18.9 Å². The molecule has 6 nitrogen and oxygen atoms in total. The molecule has 8 heteroatoms. The zero-order valence-electron chi connectivity index (χ0n) is 13.4. The number of pyridine rings is 1. The first-order chi connectivity index (χ1) is 12.1. The molecular weight excluding hydrogens is 345 g/mol. The van der Waals surface area contributed by atoms with E-state index in [1.807, 2.05) is 0 Å². The van der Waals surface area contributed by atoms with E-state index in [4.69, 9.17) is 11.6 Å². The van der Waals surface area contributed by atoms with Crippen molar-refractivity contribution in [1.29, 1.82) is 0 Å². The van der Waals surface area contributed by atoms with Crippen molar-refractivity contribution in [1.82, 2.24) is 19.6 Å². The number of nitrogens with zero attached hydrogens (tertiary/aromatic N) is 4. The number of halogens is 2. The van der Waals surface area contributed by atoms with Crippen LogP contribution in [0.2, 0.25) is 5.02 Å². The second-order valence-corrected chi connectivity index (χ2v) is 6.71. The number of fused-ring (bicyclic) bond motifs is 1. The number of aromatic nitrogens is 4. The first kappa shape index (κ1) is 16.2. The zero-order valence-corrected chi connectivity index (χ0v) is 14.1. The van der Waals surface area contributed by atoms with Gasteiger partial charge >= 0.3 is 0 Å². The Labute approximate surface area is 148 Å². The minimum absolute atomic E-state index is 0.0963. The van der Waals surface area contributed by atoms with Crippen LogP contribution >= 0.6 is 11.6 Å². The molecule has 1 saturated carbocycles. The van der Waals surface area contributed by atoms with Crippen molar-refractivity contribution < 1.29 is 9.50 Å². The van der Waals surface area contributed by atoms with Crippen LogP contribution in [0.25, 0.3) is 16.9 Å². The van der Waals surface area contributed by atoms with Crippen LogP contribution in [0.3, 0.4) is 0 Å². The van der Waals surface area contributed by atoms with E-state index in [9.17, 15) is 9.50 Å². The molecule has 0 aliphatic heterocycles. The van der Waals surface area contributed by atoms with Gasteiger partial charge in [-0.1, -0.05) is 11.6 Å². The van der Waals surface area contributed by atoms with Crippen molar-refractivity contribution >= 4 is 22.9 Å². The second-order valence-electron chi connectivity index (χ2n) is 6.27. The third-order valence-electron chi connectivity index (χ3n) is 4.51. The second kappa shape index (κ2) is 6.57. The number of hydrogen-bond donors (Lipinski definition) is 2. The maximum atomic E-state index is 14.1. The van der Waals surface area contributed by atoms with Gasteiger partial charge in [0.05, 0.1) is 29.6 Å². The molecular formula is C17H17ClFN5O. The molecule has 0 spiro atoms. The summed E-state index contributed by atoms with van der Waals surface area (Å²) >= 11 is 6.06. The molecule has 0 saturated heterocycles. The number of aliphatic hydroxyl groups is 1. The summed E-state index contributed by atoms with van der Waals surface area (Å²) in [6.45, 7) is 0. The molecule has 2 N–H and O–H groups in total. The standard InChI is InChI=1S/C17H17ClFN5O/c18-10-5-6-24-15(7-10)13(8-21-24)16-20-9-14(19)17(23-16)22-11-1-3-12(25)4-2-11/h5-9,11-12,25H,1-4H2,(H,20,22,23)/t11-,12-. The highest BCUT2D eigenvalue weighted by atomic mass is 35.5. The van der Waals surface area contributed by atoms with Crippen molar-refractivity contribution in [2.24, 2.45) is 0 Å². The van der Waals surface area contributed by atoms with Crippen LogP contribution < -0.4 is 5.32 Å². The highest BCUT2D eigenvalue weighted by molar-refractivity contribution is 6.31. The summed E-state index contributed by atoms with van der Waals surface area (Å²) in [5, 5.41) is 17.6. The fourth-order valence-electron chi connectivity index (χ4n) is 3.14. The molecule has 3 aromatic heterocycles. The summed E-state index contributed by atoms with van der Waals surface area (Å²) in [5.74, 6) is 0.0640. The summed E-state index contributed by atoms with van der Waals surface area (Å²) in [4.78, 5) is 8.46. The van der Waals surface area contributed by atoms with Crippen molar-refractivity contribution in [3.8, 4) is 11.4 Å². The van der Waals surface area contributed by atoms with Gasteiger partial charge in [0.1, 0.15) is 0 Å². The van der Waals surface area contributed by atoms with Crippen LogP contribution in [0.15, 0.2) is 30.7 Å². The average molecular weight is 362 g/mol. The van der Waals surface area contributed by atoms with Gasteiger partial charge in [-0.05, 0) is 37.8 Å². The van der Waals surface area contributed by atoms with Crippen LogP contribution in [0.5, 0.6) is 0 Å². The minimum atomic E-state index is -0.496. The Kier molecular flexibility index (Phi) is 4.27. The number of hydrogen-bond acceptors (Lipinski definition) is 5. The van der Waals surface area contributed by atoms with Gasteiger partial charge in [0.2, 0.25) is 0 Å². The Hall–Kier alpha value is -2.25. The Bertz CT molecular complexity index is 907. The van der Waals surface area contributed by atoms with E-state index < -0.39 is 5.82 Å². The summed E-state index contributed by atoms with van der Waals surface area (Å²) in [6.07, 6.45) is 7.28. The van der Waals surface area contributed by atoms with E-state index in [0.717, 1.165) is 24.6 Å². The number of anilines is 1. The third kappa shape index (κ3) is 3.29. The zero-order chi connectivity index (χ0) is 17.4. The lowest BCUT2D eigenvalue weighted by molar-refractivity contribution is 0.126. The van der Waals surface area contributed by atoms with Gasteiger partial charge < -0.3 is 10.4 Å². The molecule has 0 radical (unpaired) electrons. The molecule has 1 aliphatic rings. The Morgan fingerprint density at radius 3 is 2.84 bits per heavy atom. The molecule has 0 amide bonds. The van der Waals surface area contributed by atoms with Crippen LogP contribution in [-0.4, -0.2) is 36.8 Å². The maximum absolute atomic E-state index is 14.1. The predicted molar refractivity (Wildman–Crippen MR) is 93.1 cm³/mol. The van der Waals surface area contributed by atoms with Gasteiger partial charge in [0, 0.05) is 17.3 Å². The fourth-order valence-corrected chi connectivity index (χ4v) is 3.30. The van der Waals surface area contributed by atoms with Crippen molar-refractivity contribution in [2.45, 2.75) is 37.8 Å². The lowest BCUT2D eigenvalue weighted by atomic mass is 9.93. The van der Waals surface area contributed by atoms with Crippen LogP contribution in [0, 0.1) is 5.82 Å². The Balaban J connectivity index is 1.65. The highest BCUT2D eigenvalue weighted by Gasteiger charge is 2.21. The highest BCUT2D eigenvalue weighted by Crippen LogP contribution is 2.27. The monoisotopic (exact) mass is 361 g/mol. The summed E-state index contributed by atoms with van der Waals surface area (Å²) in [6, 6.07) is 3.60. The normalized spacial score (nSPS) is 20.8. The molecule has 0 aromatic carbocycles. The smallest absolute Gasteiger partial charge is 0.183 e. The topological polar surface area (TPSA) is 75.3 Å². The molecule has 25 heavy (non-hydrogen) atoms. The van der Waals surface area contributed by atoms with Crippen LogP contribution in [-0.2, 0) is 0 Å². The van der Waals surface area contributed by atoms with Crippen molar-refractivity contribution in [3.05, 3.63) is 41.6 Å². The van der Waals surface area contributed by atoms with E-state index in [2.05, 4.69) is 20.4 Å². The summed E-state index contributed by atoms with van der Waals surface area (Å²) < 4.78 is 15.8. The first-order valence-electron chi connectivity index (χ1n) is 8.20. The fraction of sp³-hybridized carbons (Fsp3) is 0.353. The van der Waals surface area contributed by atoms with E-state index in [-0.39, 0.29) is 18.0 Å². The molecule has 3 aromatic rings. The molecule has 0 bridgehead atoms. The molecule has 1 fully saturated rings. The third-order valence-corrected chi connectivity index (χ3v) is 4.74. The lowest BCUT2D eigenvalue weighted by Crippen LogP contribution is -2.29. The molecule has 4 rings (SSSR count). The predicted octanol–water partition coefficient (Wildman–Crippen LogP) is 3.30. The summed E-state index contributed by atoms with van der Waals surface area (Å²) in [7, 11) is 0.